The van der Waals surface area contributed by atoms with Crippen LogP contribution in [0.2, 0.25) is 0 Å². The van der Waals surface area contributed by atoms with Crippen molar-refractivity contribution in [1.82, 2.24) is 14.9 Å². The van der Waals surface area contributed by atoms with Crippen molar-refractivity contribution in [3.63, 3.8) is 0 Å². The highest BCUT2D eigenvalue weighted by Crippen LogP contribution is 2.15. The Morgan fingerprint density at radius 2 is 2.37 bits per heavy atom. The van der Waals surface area contributed by atoms with Crippen LogP contribution in [0.4, 0.5) is 0 Å². The first-order chi connectivity index (χ1) is 9.25. The van der Waals surface area contributed by atoms with Crippen molar-refractivity contribution in [3.8, 4) is 0 Å². The third-order valence-corrected chi connectivity index (χ3v) is 3.52. The van der Waals surface area contributed by atoms with E-state index >= 15 is 0 Å². The minimum Gasteiger partial charge on any atom is -0.378 e. The van der Waals surface area contributed by atoms with Crippen LogP contribution in [-0.2, 0) is 23.0 Å². The number of hydrogen-bond acceptors (Lipinski definition) is 4. The third-order valence-electron chi connectivity index (χ3n) is 3.52. The van der Waals surface area contributed by atoms with Crippen molar-refractivity contribution in [1.29, 1.82) is 0 Å². The van der Waals surface area contributed by atoms with E-state index in [-0.39, 0.29) is 11.8 Å². The van der Waals surface area contributed by atoms with Gasteiger partial charge in [-0.05, 0) is 12.1 Å². The summed E-state index contributed by atoms with van der Waals surface area (Å²) in [6, 6.07) is 7.71. The Morgan fingerprint density at radius 3 is 3.11 bits per heavy atom. The van der Waals surface area contributed by atoms with E-state index in [9.17, 15) is 4.79 Å². The molecule has 0 saturated carbocycles. The maximum absolute atomic E-state index is 12.2. The maximum atomic E-state index is 12.2. The first kappa shape index (κ1) is 12.3. The number of benzene rings is 1. The predicted molar refractivity (Wildman–Crippen MR) is 72.0 cm³/mol. The Balaban J connectivity index is 1.81. The van der Waals surface area contributed by atoms with E-state index < -0.39 is 0 Å². The molecule has 1 aliphatic heterocycles. The molecule has 1 aromatic heterocycles. The van der Waals surface area contributed by atoms with Gasteiger partial charge in [-0.25, -0.2) is 4.98 Å². The van der Waals surface area contributed by atoms with Crippen molar-refractivity contribution in [2.75, 3.05) is 19.8 Å². The van der Waals surface area contributed by atoms with Crippen molar-refractivity contribution in [2.24, 2.45) is 7.05 Å². The molecule has 1 atom stereocenters. The number of carbonyl (C=O) groups is 1. The molecule has 0 bridgehead atoms. The SMILES string of the molecule is Cn1c(CC(=O)C2COCCN2)nc2ccccc21. The highest BCUT2D eigenvalue weighted by molar-refractivity contribution is 5.87. The first-order valence-electron chi connectivity index (χ1n) is 6.50. The van der Waals surface area contributed by atoms with E-state index in [1.165, 1.54) is 0 Å². The number of aromatic nitrogens is 2. The number of ether oxygens (including phenoxy) is 1. The number of imidazole rings is 1. The molecule has 0 amide bonds. The van der Waals surface area contributed by atoms with Gasteiger partial charge in [0.15, 0.2) is 5.78 Å². The summed E-state index contributed by atoms with van der Waals surface area (Å²) in [4.78, 5) is 16.7. The summed E-state index contributed by atoms with van der Waals surface area (Å²) in [5.74, 6) is 0.941. The van der Waals surface area contributed by atoms with Gasteiger partial charge in [-0.3, -0.25) is 4.79 Å². The number of para-hydroxylation sites is 2. The van der Waals surface area contributed by atoms with E-state index in [0.29, 0.717) is 19.6 Å². The van der Waals surface area contributed by atoms with Crippen LogP contribution in [0.15, 0.2) is 24.3 Å². The molecule has 19 heavy (non-hydrogen) atoms. The van der Waals surface area contributed by atoms with Crippen molar-refractivity contribution >= 4 is 16.8 Å². The molecule has 1 aromatic carbocycles. The zero-order valence-corrected chi connectivity index (χ0v) is 10.9. The maximum Gasteiger partial charge on any atom is 0.159 e. The molecule has 2 heterocycles. The molecule has 0 spiro atoms. The Morgan fingerprint density at radius 1 is 1.53 bits per heavy atom. The number of aryl methyl sites for hydroxylation is 1. The molecule has 0 aliphatic carbocycles. The fraction of sp³-hybridized carbons (Fsp3) is 0.429. The second-order valence-electron chi connectivity index (χ2n) is 4.80. The topological polar surface area (TPSA) is 56.1 Å². The van der Waals surface area contributed by atoms with Crippen LogP contribution < -0.4 is 5.32 Å². The molecule has 5 heteroatoms. The van der Waals surface area contributed by atoms with Gasteiger partial charge in [0.2, 0.25) is 0 Å². The van der Waals surface area contributed by atoms with E-state index in [1.807, 2.05) is 35.9 Å². The van der Waals surface area contributed by atoms with Gasteiger partial charge < -0.3 is 14.6 Å². The average Bonchev–Trinajstić information content (AvgIpc) is 2.77. The van der Waals surface area contributed by atoms with Crippen molar-refractivity contribution in [2.45, 2.75) is 12.5 Å². The number of ketones is 1. The number of morpholine rings is 1. The van der Waals surface area contributed by atoms with Crippen LogP contribution in [0.1, 0.15) is 5.82 Å². The summed E-state index contributed by atoms with van der Waals surface area (Å²) in [6.45, 7) is 1.87. The highest BCUT2D eigenvalue weighted by atomic mass is 16.5. The second kappa shape index (κ2) is 5.11. The number of hydrogen-bond donors (Lipinski definition) is 1. The monoisotopic (exact) mass is 259 g/mol. The molecule has 0 radical (unpaired) electrons. The van der Waals surface area contributed by atoms with E-state index in [2.05, 4.69) is 10.3 Å². The minimum absolute atomic E-state index is 0.137. The van der Waals surface area contributed by atoms with Gasteiger partial charge in [-0.1, -0.05) is 12.1 Å². The van der Waals surface area contributed by atoms with Gasteiger partial charge in [-0.15, -0.1) is 0 Å². The zero-order valence-electron chi connectivity index (χ0n) is 10.9. The number of nitrogens with zero attached hydrogens (tertiary/aromatic N) is 2. The van der Waals surface area contributed by atoms with E-state index in [0.717, 1.165) is 23.4 Å². The number of rotatable bonds is 3. The largest absolute Gasteiger partial charge is 0.378 e. The molecule has 2 aromatic rings. The Hall–Kier alpha value is -1.72. The number of fused-ring (bicyclic) bond motifs is 1. The van der Waals surface area contributed by atoms with Gasteiger partial charge in [0.25, 0.3) is 0 Å². The second-order valence-corrected chi connectivity index (χ2v) is 4.80. The standard InChI is InChI=1S/C14H17N3O2/c1-17-12-5-3-2-4-10(12)16-14(17)8-13(18)11-9-19-7-6-15-11/h2-5,11,15H,6-9H2,1H3. The number of carbonyl (C=O) groups excluding carboxylic acids is 1. The molecule has 100 valence electrons. The average molecular weight is 259 g/mol. The van der Waals surface area contributed by atoms with Gasteiger partial charge in [-0.2, -0.15) is 0 Å². The Labute approximate surface area is 111 Å². The summed E-state index contributed by atoms with van der Waals surface area (Å²) in [5, 5.41) is 3.18. The normalized spacial score (nSPS) is 19.7. The van der Waals surface area contributed by atoms with Crippen LogP contribution in [0.5, 0.6) is 0 Å². The molecular weight excluding hydrogens is 242 g/mol. The third kappa shape index (κ3) is 2.39. The fourth-order valence-corrected chi connectivity index (χ4v) is 2.40. The van der Waals surface area contributed by atoms with Crippen LogP contribution >= 0.6 is 0 Å². The van der Waals surface area contributed by atoms with Crippen LogP contribution in [0, 0.1) is 0 Å². The van der Waals surface area contributed by atoms with Crippen LogP contribution in [0.3, 0.4) is 0 Å². The van der Waals surface area contributed by atoms with E-state index in [4.69, 9.17) is 4.74 Å². The molecule has 1 aliphatic rings. The van der Waals surface area contributed by atoms with Gasteiger partial charge in [0.1, 0.15) is 5.82 Å². The number of Topliss-reactive ketones (excluding diaryl/α,β-unsaturated/α-hetero) is 1. The summed E-state index contributed by atoms with van der Waals surface area (Å²) in [6.07, 6.45) is 0.339. The molecular formula is C14H17N3O2. The van der Waals surface area contributed by atoms with Gasteiger partial charge in [0.05, 0.1) is 36.7 Å². The summed E-state index contributed by atoms with van der Waals surface area (Å²) >= 11 is 0. The zero-order chi connectivity index (χ0) is 13.2. The lowest BCUT2D eigenvalue weighted by atomic mass is 10.1. The smallest absolute Gasteiger partial charge is 0.159 e. The van der Waals surface area contributed by atoms with Gasteiger partial charge >= 0.3 is 0 Å². The summed E-state index contributed by atoms with van der Waals surface area (Å²) in [5.41, 5.74) is 1.99. The molecule has 1 saturated heterocycles. The van der Waals surface area contributed by atoms with Crippen molar-refractivity contribution < 1.29 is 9.53 Å². The lowest BCUT2D eigenvalue weighted by molar-refractivity contribution is -0.123. The molecule has 1 unspecified atom stereocenters. The Kier molecular flexibility index (Phi) is 3.31. The number of nitrogens with one attached hydrogen (secondary N) is 1. The lowest BCUT2D eigenvalue weighted by Crippen LogP contribution is -2.47. The summed E-state index contributed by atoms with van der Waals surface area (Å²) in [7, 11) is 1.95. The Bertz CT molecular complexity index is 600. The van der Waals surface area contributed by atoms with Crippen LogP contribution in [-0.4, -0.2) is 41.1 Å². The quantitative estimate of drug-likeness (QED) is 0.880. The summed E-state index contributed by atoms with van der Waals surface area (Å²) < 4.78 is 7.30. The molecule has 1 N–H and O–H groups in total. The van der Waals surface area contributed by atoms with E-state index in [1.54, 1.807) is 0 Å². The predicted octanol–water partition coefficient (Wildman–Crippen LogP) is 0.673. The van der Waals surface area contributed by atoms with Crippen LogP contribution in [0.25, 0.3) is 11.0 Å². The van der Waals surface area contributed by atoms with Gasteiger partial charge in [0, 0.05) is 13.6 Å². The highest BCUT2D eigenvalue weighted by Gasteiger charge is 2.22. The molecule has 3 rings (SSSR count). The fourth-order valence-electron chi connectivity index (χ4n) is 2.40. The molecule has 5 nitrogen and oxygen atoms in total. The van der Waals surface area contributed by atoms with Crippen molar-refractivity contribution in [3.05, 3.63) is 30.1 Å². The first-order valence-corrected chi connectivity index (χ1v) is 6.50. The molecule has 1 fully saturated rings. The minimum atomic E-state index is -0.200. The lowest BCUT2D eigenvalue weighted by Gasteiger charge is -2.22.